The van der Waals surface area contributed by atoms with E-state index in [9.17, 15) is 14.7 Å². The number of aliphatic carboxylic acids is 1. The van der Waals surface area contributed by atoms with Crippen molar-refractivity contribution >= 4 is 17.6 Å². The molecule has 0 bridgehead atoms. The maximum Gasteiger partial charge on any atom is 0.304 e. The monoisotopic (exact) mass is 394 g/mol. The van der Waals surface area contributed by atoms with Crippen molar-refractivity contribution in [2.75, 3.05) is 25.1 Å². The molecule has 2 aromatic carbocycles. The van der Waals surface area contributed by atoms with Crippen LogP contribution in [-0.2, 0) is 15.1 Å². The van der Waals surface area contributed by atoms with Crippen molar-refractivity contribution in [2.24, 2.45) is 0 Å². The van der Waals surface area contributed by atoms with Crippen molar-refractivity contribution in [1.29, 1.82) is 0 Å². The normalized spacial score (nSPS) is 18.9. The number of carbonyl (C=O) groups is 2. The molecule has 0 radical (unpaired) electrons. The SMILES string of the molecule is COc1cccc(C2(NCCC(=O)N3CC(CC(=O)O)c4ccccc43)CC2)c1. The Morgan fingerprint density at radius 2 is 2.00 bits per heavy atom. The van der Waals surface area contributed by atoms with Gasteiger partial charge in [0, 0.05) is 36.7 Å². The third-order valence-electron chi connectivity index (χ3n) is 5.97. The van der Waals surface area contributed by atoms with E-state index in [2.05, 4.69) is 17.4 Å². The van der Waals surface area contributed by atoms with E-state index in [1.165, 1.54) is 5.56 Å². The van der Waals surface area contributed by atoms with Crippen LogP contribution in [0.3, 0.4) is 0 Å². The Hall–Kier alpha value is -2.86. The Labute approximate surface area is 170 Å². The molecule has 1 saturated carbocycles. The summed E-state index contributed by atoms with van der Waals surface area (Å²) in [4.78, 5) is 25.8. The highest BCUT2D eigenvalue weighted by Gasteiger charge is 2.44. The Morgan fingerprint density at radius 3 is 2.72 bits per heavy atom. The van der Waals surface area contributed by atoms with E-state index in [4.69, 9.17) is 4.74 Å². The Balaban J connectivity index is 1.38. The zero-order chi connectivity index (χ0) is 20.4. The molecule has 0 aromatic heterocycles. The van der Waals surface area contributed by atoms with Gasteiger partial charge in [0.15, 0.2) is 0 Å². The van der Waals surface area contributed by atoms with Crippen molar-refractivity contribution < 1.29 is 19.4 Å². The number of methoxy groups -OCH3 is 1. The van der Waals surface area contributed by atoms with Crippen LogP contribution in [0.25, 0.3) is 0 Å². The number of carbonyl (C=O) groups excluding carboxylic acids is 1. The smallest absolute Gasteiger partial charge is 0.304 e. The Morgan fingerprint density at radius 1 is 1.21 bits per heavy atom. The maximum absolute atomic E-state index is 12.9. The number of hydrogen-bond acceptors (Lipinski definition) is 4. The molecule has 1 unspecified atom stereocenters. The van der Waals surface area contributed by atoms with Crippen LogP contribution in [-0.4, -0.2) is 37.2 Å². The van der Waals surface area contributed by atoms with Crippen LogP contribution in [0.2, 0.25) is 0 Å². The van der Waals surface area contributed by atoms with Crippen molar-refractivity contribution in [3.63, 3.8) is 0 Å². The van der Waals surface area contributed by atoms with Crippen LogP contribution < -0.4 is 15.0 Å². The molecule has 4 rings (SSSR count). The van der Waals surface area contributed by atoms with E-state index < -0.39 is 5.97 Å². The molecule has 2 N–H and O–H groups in total. The highest BCUT2D eigenvalue weighted by atomic mass is 16.5. The first-order valence-corrected chi connectivity index (χ1v) is 10.0. The van der Waals surface area contributed by atoms with Gasteiger partial charge in [-0.2, -0.15) is 0 Å². The first kappa shape index (κ1) is 19.5. The zero-order valence-corrected chi connectivity index (χ0v) is 16.6. The summed E-state index contributed by atoms with van der Waals surface area (Å²) >= 11 is 0. The van der Waals surface area contributed by atoms with E-state index in [1.54, 1.807) is 12.0 Å². The van der Waals surface area contributed by atoms with E-state index >= 15 is 0 Å². The molecular weight excluding hydrogens is 368 g/mol. The summed E-state index contributed by atoms with van der Waals surface area (Å²) in [5.41, 5.74) is 2.92. The minimum atomic E-state index is -0.838. The van der Waals surface area contributed by atoms with Gasteiger partial charge in [0.1, 0.15) is 5.75 Å². The second-order valence-electron chi connectivity index (χ2n) is 7.85. The molecule has 29 heavy (non-hydrogen) atoms. The summed E-state index contributed by atoms with van der Waals surface area (Å²) in [7, 11) is 1.66. The van der Waals surface area contributed by atoms with Crippen LogP contribution in [0, 0.1) is 0 Å². The number of benzene rings is 2. The average Bonchev–Trinajstić information content (AvgIpc) is 3.43. The lowest BCUT2D eigenvalue weighted by Crippen LogP contribution is -2.36. The molecule has 2 aliphatic rings. The number of carboxylic acids is 1. The van der Waals surface area contributed by atoms with Gasteiger partial charge in [-0.1, -0.05) is 30.3 Å². The molecule has 2 aromatic rings. The second kappa shape index (κ2) is 7.87. The predicted molar refractivity (Wildman–Crippen MR) is 110 cm³/mol. The minimum absolute atomic E-state index is 0.0271. The standard InChI is InChI=1S/C23H26N2O4/c1-29-18-6-4-5-17(14-18)23(10-11-23)24-12-9-21(26)25-15-16(13-22(27)28)19-7-2-3-8-20(19)25/h2-8,14,16,24H,9-13,15H2,1H3,(H,27,28). The van der Waals surface area contributed by atoms with Gasteiger partial charge in [-0.05, 0) is 42.2 Å². The van der Waals surface area contributed by atoms with Crippen molar-refractivity contribution in [2.45, 2.75) is 37.1 Å². The van der Waals surface area contributed by atoms with Crippen molar-refractivity contribution in [3.05, 3.63) is 59.7 Å². The molecule has 0 saturated heterocycles. The summed E-state index contributed by atoms with van der Waals surface area (Å²) in [6, 6.07) is 15.7. The fourth-order valence-electron chi connectivity index (χ4n) is 4.27. The molecule has 1 heterocycles. The summed E-state index contributed by atoms with van der Waals surface area (Å²) in [6.45, 7) is 1.02. The van der Waals surface area contributed by atoms with Gasteiger partial charge < -0.3 is 20.1 Å². The van der Waals surface area contributed by atoms with Crippen LogP contribution in [0.4, 0.5) is 5.69 Å². The third-order valence-corrected chi connectivity index (χ3v) is 5.97. The number of anilines is 1. The molecule has 1 amide bonds. The van der Waals surface area contributed by atoms with Gasteiger partial charge >= 0.3 is 5.97 Å². The average molecular weight is 394 g/mol. The van der Waals surface area contributed by atoms with E-state index in [0.717, 1.165) is 29.8 Å². The number of fused-ring (bicyclic) bond motifs is 1. The second-order valence-corrected chi connectivity index (χ2v) is 7.85. The molecule has 0 spiro atoms. The lowest BCUT2D eigenvalue weighted by molar-refractivity contribution is -0.137. The quantitative estimate of drug-likeness (QED) is 0.718. The fraction of sp³-hybridized carbons (Fsp3) is 0.391. The Kier molecular flexibility index (Phi) is 5.28. The number of amides is 1. The topological polar surface area (TPSA) is 78.9 Å². The first-order valence-electron chi connectivity index (χ1n) is 10.0. The van der Waals surface area contributed by atoms with Gasteiger partial charge in [-0.15, -0.1) is 0 Å². The number of hydrogen-bond donors (Lipinski definition) is 2. The molecule has 1 atom stereocenters. The summed E-state index contributed by atoms with van der Waals surface area (Å²) < 4.78 is 5.33. The molecule has 152 valence electrons. The van der Waals surface area contributed by atoms with E-state index in [1.807, 2.05) is 36.4 Å². The van der Waals surface area contributed by atoms with Gasteiger partial charge in [-0.3, -0.25) is 9.59 Å². The van der Waals surface area contributed by atoms with Gasteiger partial charge in [0.2, 0.25) is 5.91 Å². The summed E-state index contributed by atoms with van der Waals surface area (Å²) in [5, 5.41) is 12.7. The lowest BCUT2D eigenvalue weighted by atomic mass is 9.98. The van der Waals surface area contributed by atoms with Crippen LogP contribution in [0.5, 0.6) is 5.75 Å². The van der Waals surface area contributed by atoms with Gasteiger partial charge in [0.05, 0.1) is 13.5 Å². The van der Waals surface area contributed by atoms with Crippen LogP contribution in [0.1, 0.15) is 42.7 Å². The molecular formula is C23H26N2O4. The number of carboxylic acid groups (broad SMARTS) is 1. The van der Waals surface area contributed by atoms with Gasteiger partial charge in [-0.25, -0.2) is 0 Å². The third kappa shape index (κ3) is 3.98. The largest absolute Gasteiger partial charge is 0.497 e. The molecule has 1 aliphatic heterocycles. The summed E-state index contributed by atoms with van der Waals surface area (Å²) in [6.07, 6.45) is 2.50. The fourth-order valence-corrected chi connectivity index (χ4v) is 4.27. The highest BCUT2D eigenvalue weighted by molar-refractivity contribution is 5.96. The van der Waals surface area contributed by atoms with Gasteiger partial charge in [0.25, 0.3) is 0 Å². The van der Waals surface area contributed by atoms with Crippen molar-refractivity contribution in [3.8, 4) is 5.75 Å². The molecule has 1 fully saturated rings. The van der Waals surface area contributed by atoms with Crippen LogP contribution >= 0.6 is 0 Å². The lowest BCUT2D eigenvalue weighted by Gasteiger charge is -2.21. The maximum atomic E-state index is 12.9. The first-order chi connectivity index (χ1) is 14.0. The van der Waals surface area contributed by atoms with Crippen LogP contribution in [0.15, 0.2) is 48.5 Å². The molecule has 6 nitrogen and oxygen atoms in total. The highest BCUT2D eigenvalue weighted by Crippen LogP contribution is 2.46. The number of nitrogens with zero attached hydrogens (tertiary/aromatic N) is 1. The number of nitrogens with one attached hydrogen (secondary N) is 1. The number of para-hydroxylation sites is 1. The molecule has 1 aliphatic carbocycles. The minimum Gasteiger partial charge on any atom is -0.497 e. The number of rotatable bonds is 8. The van der Waals surface area contributed by atoms with E-state index in [0.29, 0.717) is 19.5 Å². The number of ether oxygens (including phenoxy) is 1. The Bertz CT molecular complexity index is 923. The molecule has 6 heteroatoms. The predicted octanol–water partition coefficient (Wildman–Crippen LogP) is 3.27. The van der Waals surface area contributed by atoms with Crippen molar-refractivity contribution in [1.82, 2.24) is 5.32 Å². The summed E-state index contributed by atoms with van der Waals surface area (Å²) in [5.74, 6) is -0.119. The van der Waals surface area contributed by atoms with E-state index in [-0.39, 0.29) is 23.8 Å². The zero-order valence-electron chi connectivity index (χ0n) is 16.6.